The fourth-order valence-corrected chi connectivity index (χ4v) is 5.26. The summed E-state index contributed by atoms with van der Waals surface area (Å²) in [7, 11) is 3.12. The van der Waals surface area contributed by atoms with E-state index in [-0.39, 0.29) is 45.6 Å². The van der Waals surface area contributed by atoms with Gasteiger partial charge in [-0.15, -0.1) is 0 Å². The minimum atomic E-state index is -4.47. The van der Waals surface area contributed by atoms with Gasteiger partial charge in [-0.25, -0.2) is 0 Å². The third kappa shape index (κ3) is 7.07. The predicted molar refractivity (Wildman–Crippen MR) is 165 cm³/mol. The summed E-state index contributed by atoms with van der Waals surface area (Å²) in [5, 5.41) is 5.51. The van der Waals surface area contributed by atoms with Crippen LogP contribution in [0.15, 0.2) is 121 Å². The van der Waals surface area contributed by atoms with Crippen molar-refractivity contribution in [3.63, 3.8) is 0 Å². The van der Waals surface area contributed by atoms with Gasteiger partial charge in [-0.3, -0.25) is 9.59 Å². The van der Waals surface area contributed by atoms with Gasteiger partial charge in [0.25, 0.3) is 0 Å². The Morgan fingerprint density at radius 2 is 0.875 bits per heavy atom. The molecule has 0 saturated heterocycles. The molecule has 2 unspecified atom stereocenters. The van der Waals surface area contributed by atoms with Gasteiger partial charge in [0.05, 0.1) is 22.3 Å². The maximum Gasteiger partial charge on any atom is 0.416 e. The van der Waals surface area contributed by atoms with Crippen LogP contribution in [0.4, 0.5) is 26.3 Å². The van der Waals surface area contributed by atoms with E-state index in [9.17, 15) is 35.9 Å². The summed E-state index contributed by atoms with van der Waals surface area (Å²) < 4.78 is 88.8. The van der Waals surface area contributed by atoms with Gasteiger partial charge < -0.3 is 20.1 Å². The second-order valence-electron chi connectivity index (χ2n) is 10.6. The number of hydrogen-bond donors (Lipinski definition) is 2. The zero-order valence-corrected chi connectivity index (χ0v) is 25.4. The van der Waals surface area contributed by atoms with Crippen LogP contribution in [0.2, 0.25) is 0 Å². The molecular formula is C36H28F6N2O4. The van der Waals surface area contributed by atoms with Crippen molar-refractivity contribution in [3.05, 3.63) is 154 Å². The standard InChI is InChI=1S/2C18H14F3NO2/c2*1-22-17-14(12-8-5-9-13(10-12)18(19,20)21)15(23)16(24-17)11-6-3-2-4-7-11/h2*2-10,16,22H,1H3. The highest BCUT2D eigenvalue weighted by atomic mass is 19.4. The average Bonchev–Trinajstić information content (AvgIpc) is 3.61. The van der Waals surface area contributed by atoms with E-state index in [1.165, 1.54) is 24.3 Å². The minimum Gasteiger partial charge on any atom is -0.462 e. The van der Waals surface area contributed by atoms with E-state index < -0.39 is 35.7 Å². The fraction of sp³-hybridized carbons (Fsp3) is 0.167. The molecule has 0 fully saturated rings. The first-order chi connectivity index (χ1) is 22.8. The van der Waals surface area contributed by atoms with Crippen molar-refractivity contribution >= 4 is 22.7 Å². The molecule has 0 radical (unpaired) electrons. The maximum absolute atomic E-state index is 12.9. The SMILES string of the molecule is CNC1=C(c2cccc(C(F)(F)F)c2)C(=O)C(c2ccccc2)O1.CNC1=C(c2cccc(C(F)(F)F)c2)C(=O)C(c2ccccc2)O1. The first-order valence-electron chi connectivity index (χ1n) is 14.5. The highest BCUT2D eigenvalue weighted by molar-refractivity contribution is 6.25. The first-order valence-corrected chi connectivity index (χ1v) is 14.5. The Bertz CT molecular complexity index is 1730. The van der Waals surface area contributed by atoms with Gasteiger partial charge in [-0.2, -0.15) is 26.3 Å². The molecule has 2 N–H and O–H groups in total. The molecule has 0 aromatic heterocycles. The highest BCUT2D eigenvalue weighted by Gasteiger charge is 2.39. The second kappa shape index (κ2) is 13.7. The van der Waals surface area contributed by atoms with E-state index in [4.69, 9.17) is 9.47 Å². The number of alkyl halides is 6. The second-order valence-corrected chi connectivity index (χ2v) is 10.6. The van der Waals surface area contributed by atoms with Crippen LogP contribution in [0.5, 0.6) is 0 Å². The van der Waals surface area contributed by atoms with Crippen molar-refractivity contribution in [2.45, 2.75) is 24.6 Å². The van der Waals surface area contributed by atoms with Crippen LogP contribution >= 0.6 is 0 Å². The highest BCUT2D eigenvalue weighted by Crippen LogP contribution is 2.40. The van der Waals surface area contributed by atoms with E-state index in [1.54, 1.807) is 62.6 Å². The van der Waals surface area contributed by atoms with Crippen LogP contribution in [-0.4, -0.2) is 25.7 Å². The Labute approximate surface area is 271 Å². The summed E-state index contributed by atoms with van der Waals surface area (Å²) in [6.07, 6.45) is -10.7. The van der Waals surface area contributed by atoms with E-state index in [2.05, 4.69) is 10.6 Å². The Balaban J connectivity index is 0.000000188. The smallest absolute Gasteiger partial charge is 0.416 e. The molecule has 0 aliphatic carbocycles. The van der Waals surface area contributed by atoms with Crippen molar-refractivity contribution in [3.8, 4) is 0 Å². The molecule has 2 aliphatic rings. The summed E-state index contributed by atoms with van der Waals surface area (Å²) in [4.78, 5) is 25.5. The van der Waals surface area contributed by atoms with E-state index in [0.29, 0.717) is 11.1 Å². The van der Waals surface area contributed by atoms with Gasteiger partial charge in [0.2, 0.25) is 11.6 Å². The van der Waals surface area contributed by atoms with Crippen LogP contribution in [0.3, 0.4) is 0 Å². The number of benzene rings is 4. The Morgan fingerprint density at radius 1 is 0.521 bits per heavy atom. The van der Waals surface area contributed by atoms with Crippen molar-refractivity contribution in [2.24, 2.45) is 0 Å². The van der Waals surface area contributed by atoms with Gasteiger partial charge in [0.15, 0.2) is 24.0 Å². The van der Waals surface area contributed by atoms with Crippen LogP contribution in [0.1, 0.15) is 45.6 Å². The molecule has 48 heavy (non-hydrogen) atoms. The molecular weight excluding hydrogens is 638 g/mol. The number of rotatable bonds is 6. The quantitative estimate of drug-likeness (QED) is 0.204. The lowest BCUT2D eigenvalue weighted by Gasteiger charge is -2.11. The van der Waals surface area contributed by atoms with Gasteiger partial charge in [0.1, 0.15) is 0 Å². The number of Topliss-reactive ketones (excluding diaryl/α,β-unsaturated/α-hetero) is 2. The Hall–Kier alpha value is -5.52. The van der Waals surface area contributed by atoms with Crippen LogP contribution in [0.25, 0.3) is 11.1 Å². The van der Waals surface area contributed by atoms with Crippen molar-refractivity contribution in [1.29, 1.82) is 0 Å². The Kier molecular flexibility index (Phi) is 9.64. The van der Waals surface area contributed by atoms with E-state index in [0.717, 1.165) is 24.3 Å². The monoisotopic (exact) mass is 666 g/mol. The molecule has 248 valence electrons. The fourth-order valence-electron chi connectivity index (χ4n) is 5.26. The maximum atomic E-state index is 12.9. The molecule has 12 heteroatoms. The summed E-state index contributed by atoms with van der Waals surface area (Å²) in [6, 6.07) is 27.0. The number of nitrogens with one attached hydrogen (secondary N) is 2. The normalized spacial score (nSPS) is 17.8. The number of carbonyl (C=O) groups is 2. The van der Waals surface area contributed by atoms with Gasteiger partial charge in [-0.1, -0.05) is 84.9 Å². The molecule has 4 aromatic rings. The van der Waals surface area contributed by atoms with Crippen LogP contribution in [0, 0.1) is 0 Å². The summed E-state index contributed by atoms with van der Waals surface area (Å²) in [5.41, 5.74) is 0.289. The van der Waals surface area contributed by atoms with Gasteiger partial charge >= 0.3 is 12.4 Å². The van der Waals surface area contributed by atoms with Crippen molar-refractivity contribution in [1.82, 2.24) is 10.6 Å². The molecule has 0 amide bonds. The molecule has 2 atom stereocenters. The van der Waals surface area contributed by atoms with Crippen molar-refractivity contribution in [2.75, 3.05) is 14.1 Å². The lowest BCUT2D eigenvalue weighted by Crippen LogP contribution is -2.10. The number of ketones is 2. The summed E-state index contributed by atoms with van der Waals surface area (Å²) in [5.74, 6) is -0.392. The lowest BCUT2D eigenvalue weighted by molar-refractivity contribution is -0.138. The molecule has 4 aromatic carbocycles. The predicted octanol–water partition coefficient (Wildman–Crippen LogP) is 7.87. The number of hydrogen-bond acceptors (Lipinski definition) is 6. The van der Waals surface area contributed by atoms with Gasteiger partial charge in [0, 0.05) is 25.2 Å². The topological polar surface area (TPSA) is 76.7 Å². The minimum absolute atomic E-state index is 0.123. The number of carbonyl (C=O) groups excluding carboxylic acids is 2. The number of ether oxygens (including phenoxy) is 2. The molecule has 2 heterocycles. The molecule has 6 nitrogen and oxygen atoms in total. The zero-order valence-electron chi connectivity index (χ0n) is 25.4. The Morgan fingerprint density at radius 3 is 1.19 bits per heavy atom. The molecule has 0 bridgehead atoms. The molecule has 6 rings (SSSR count). The van der Waals surface area contributed by atoms with Gasteiger partial charge in [-0.05, 0) is 35.4 Å². The van der Waals surface area contributed by atoms with Crippen molar-refractivity contribution < 1.29 is 45.4 Å². The zero-order chi connectivity index (χ0) is 34.6. The van der Waals surface area contributed by atoms with Crippen LogP contribution in [-0.2, 0) is 31.4 Å². The third-order valence-corrected chi connectivity index (χ3v) is 7.51. The third-order valence-electron chi connectivity index (χ3n) is 7.51. The summed E-state index contributed by atoms with van der Waals surface area (Å²) in [6.45, 7) is 0. The summed E-state index contributed by atoms with van der Waals surface area (Å²) >= 11 is 0. The molecule has 0 saturated carbocycles. The van der Waals surface area contributed by atoms with Crippen LogP contribution < -0.4 is 10.6 Å². The average molecular weight is 667 g/mol. The molecule has 2 aliphatic heterocycles. The number of halogens is 6. The van der Waals surface area contributed by atoms with E-state index >= 15 is 0 Å². The first kappa shape index (κ1) is 33.8. The molecule has 0 spiro atoms. The largest absolute Gasteiger partial charge is 0.462 e. The lowest BCUT2D eigenvalue weighted by atomic mass is 9.96. The van der Waals surface area contributed by atoms with E-state index in [1.807, 2.05) is 12.1 Å².